The molecular weight excluding hydrogens is 327 g/mol. The molecule has 1 aliphatic heterocycles. The van der Waals surface area contributed by atoms with Gasteiger partial charge in [-0.2, -0.15) is 13.2 Å². The minimum atomic E-state index is -4.56. The third-order valence-corrected chi connectivity index (χ3v) is 3.60. The van der Waals surface area contributed by atoms with E-state index in [1.165, 1.54) is 6.07 Å². The Morgan fingerprint density at radius 3 is 2.38 bits per heavy atom. The highest BCUT2D eigenvalue weighted by Gasteiger charge is 2.31. The van der Waals surface area contributed by atoms with Crippen LogP contribution in [0.3, 0.4) is 0 Å². The summed E-state index contributed by atoms with van der Waals surface area (Å²) in [5, 5.41) is 7.08. The summed E-state index contributed by atoms with van der Waals surface area (Å²) in [5.74, 6) is -3.31. The summed E-state index contributed by atoms with van der Waals surface area (Å²) in [6.07, 6.45) is -3.46. The Balaban J connectivity index is 1.94. The van der Waals surface area contributed by atoms with Crippen LogP contribution in [0.1, 0.15) is 18.4 Å². The first-order chi connectivity index (χ1) is 11.3. The van der Waals surface area contributed by atoms with Gasteiger partial charge in [0.2, 0.25) is 5.91 Å². The van der Waals surface area contributed by atoms with Gasteiger partial charge < -0.3 is 10.6 Å². The summed E-state index contributed by atoms with van der Waals surface area (Å²) < 4.78 is 37.8. The molecule has 1 aromatic rings. The Morgan fingerprint density at radius 1 is 1.08 bits per heavy atom. The van der Waals surface area contributed by atoms with Gasteiger partial charge in [-0.15, -0.1) is 0 Å². The fraction of sp³-hybridized carbons (Fsp3) is 0.400. The standard InChI is InChI=1S/C15H16F3N3O3/c16-15(17,18)10-2-1-3-11(8-10)20-13(23)14(24)21-12(22)9-4-6-19-7-5-9/h1-3,8-9,19H,4-7H2,(H,20,23)(H,21,22,24). The minimum Gasteiger partial charge on any atom is -0.318 e. The Kier molecular flexibility index (Phi) is 5.55. The number of carbonyl (C=O) groups is 3. The third kappa shape index (κ3) is 4.79. The van der Waals surface area contributed by atoms with Crippen molar-refractivity contribution in [3.05, 3.63) is 29.8 Å². The van der Waals surface area contributed by atoms with Gasteiger partial charge in [0.15, 0.2) is 0 Å². The maximum Gasteiger partial charge on any atom is 0.416 e. The van der Waals surface area contributed by atoms with E-state index < -0.39 is 29.5 Å². The number of hydrogen-bond donors (Lipinski definition) is 3. The summed E-state index contributed by atoms with van der Waals surface area (Å²) in [6, 6.07) is 3.88. The first kappa shape index (κ1) is 17.9. The van der Waals surface area contributed by atoms with Crippen LogP contribution in [0.25, 0.3) is 0 Å². The number of imide groups is 1. The van der Waals surface area contributed by atoms with Crippen molar-refractivity contribution < 1.29 is 27.6 Å². The molecule has 1 aromatic carbocycles. The van der Waals surface area contributed by atoms with E-state index in [2.05, 4.69) is 5.32 Å². The maximum absolute atomic E-state index is 12.6. The molecule has 2 rings (SSSR count). The molecule has 1 aliphatic rings. The number of carbonyl (C=O) groups excluding carboxylic acids is 3. The van der Waals surface area contributed by atoms with Crippen molar-refractivity contribution in [3.8, 4) is 0 Å². The third-order valence-electron chi connectivity index (χ3n) is 3.60. The minimum absolute atomic E-state index is 0.181. The molecule has 130 valence electrons. The molecule has 6 nitrogen and oxygen atoms in total. The lowest BCUT2D eigenvalue weighted by molar-refractivity contribution is -0.141. The lowest BCUT2D eigenvalue weighted by atomic mass is 9.97. The summed E-state index contributed by atoms with van der Waals surface area (Å²) in [4.78, 5) is 35.3. The first-order valence-corrected chi connectivity index (χ1v) is 7.31. The second-order valence-electron chi connectivity index (χ2n) is 5.38. The number of amides is 3. The normalized spacial score (nSPS) is 15.6. The van der Waals surface area contributed by atoms with Gasteiger partial charge in [0.25, 0.3) is 0 Å². The highest BCUT2D eigenvalue weighted by molar-refractivity contribution is 6.41. The number of benzene rings is 1. The van der Waals surface area contributed by atoms with Crippen LogP contribution in [0.5, 0.6) is 0 Å². The lowest BCUT2D eigenvalue weighted by Gasteiger charge is -2.21. The number of hydrogen-bond acceptors (Lipinski definition) is 4. The predicted molar refractivity (Wildman–Crippen MR) is 78.8 cm³/mol. The number of halogens is 3. The van der Waals surface area contributed by atoms with Crippen LogP contribution in [-0.2, 0) is 20.6 Å². The molecule has 9 heteroatoms. The van der Waals surface area contributed by atoms with E-state index in [0.717, 1.165) is 12.1 Å². The van der Waals surface area contributed by atoms with Crippen LogP contribution in [0.2, 0.25) is 0 Å². The van der Waals surface area contributed by atoms with Crippen LogP contribution in [0, 0.1) is 5.92 Å². The van der Waals surface area contributed by atoms with Gasteiger partial charge in [-0.3, -0.25) is 19.7 Å². The van der Waals surface area contributed by atoms with Crippen molar-refractivity contribution in [3.63, 3.8) is 0 Å². The van der Waals surface area contributed by atoms with Crippen LogP contribution in [0.15, 0.2) is 24.3 Å². The SMILES string of the molecule is O=C(NC(=O)C1CCNCC1)C(=O)Nc1cccc(C(F)(F)F)c1. The Hall–Kier alpha value is -2.42. The summed E-state index contributed by atoms with van der Waals surface area (Å²) in [6.45, 7) is 1.28. The molecule has 0 unspecified atom stereocenters. The Morgan fingerprint density at radius 2 is 1.75 bits per heavy atom. The zero-order valence-electron chi connectivity index (χ0n) is 12.6. The molecule has 3 amide bonds. The fourth-order valence-electron chi connectivity index (χ4n) is 2.32. The number of rotatable bonds is 2. The average Bonchev–Trinajstić information content (AvgIpc) is 2.55. The van der Waals surface area contributed by atoms with Gasteiger partial charge in [0.05, 0.1) is 5.56 Å². The van der Waals surface area contributed by atoms with E-state index in [9.17, 15) is 27.6 Å². The van der Waals surface area contributed by atoms with Crippen LogP contribution >= 0.6 is 0 Å². The van der Waals surface area contributed by atoms with E-state index in [1.54, 1.807) is 0 Å². The van der Waals surface area contributed by atoms with Crippen molar-refractivity contribution in [1.29, 1.82) is 0 Å². The molecule has 3 N–H and O–H groups in total. The van der Waals surface area contributed by atoms with Crippen molar-refractivity contribution in [2.45, 2.75) is 19.0 Å². The second-order valence-corrected chi connectivity index (χ2v) is 5.38. The van der Waals surface area contributed by atoms with E-state index in [4.69, 9.17) is 0 Å². The van der Waals surface area contributed by atoms with E-state index >= 15 is 0 Å². The number of anilines is 1. The van der Waals surface area contributed by atoms with Crippen LogP contribution in [0.4, 0.5) is 18.9 Å². The maximum atomic E-state index is 12.6. The van der Waals surface area contributed by atoms with Gasteiger partial charge in [0, 0.05) is 11.6 Å². The molecule has 1 saturated heterocycles. The molecule has 0 aromatic heterocycles. The number of piperidine rings is 1. The molecule has 0 bridgehead atoms. The molecule has 0 radical (unpaired) electrons. The molecular formula is C15H16F3N3O3. The molecule has 1 heterocycles. The van der Waals surface area contributed by atoms with Gasteiger partial charge in [-0.1, -0.05) is 6.07 Å². The molecule has 0 aliphatic carbocycles. The largest absolute Gasteiger partial charge is 0.416 e. The van der Waals surface area contributed by atoms with Crippen LogP contribution < -0.4 is 16.0 Å². The quantitative estimate of drug-likeness (QED) is 0.706. The van der Waals surface area contributed by atoms with E-state index in [0.29, 0.717) is 32.0 Å². The fourth-order valence-corrected chi connectivity index (χ4v) is 2.32. The van der Waals surface area contributed by atoms with Crippen molar-refractivity contribution in [2.24, 2.45) is 5.92 Å². The molecule has 0 spiro atoms. The lowest BCUT2D eigenvalue weighted by Crippen LogP contribution is -2.44. The zero-order chi connectivity index (χ0) is 17.7. The van der Waals surface area contributed by atoms with E-state index in [-0.39, 0.29) is 11.6 Å². The molecule has 24 heavy (non-hydrogen) atoms. The zero-order valence-corrected chi connectivity index (χ0v) is 12.6. The monoisotopic (exact) mass is 343 g/mol. The van der Waals surface area contributed by atoms with Crippen molar-refractivity contribution >= 4 is 23.4 Å². The Labute approximate surface area is 135 Å². The van der Waals surface area contributed by atoms with Gasteiger partial charge >= 0.3 is 18.0 Å². The summed E-state index contributed by atoms with van der Waals surface area (Å²) >= 11 is 0. The first-order valence-electron chi connectivity index (χ1n) is 7.31. The van der Waals surface area contributed by atoms with E-state index in [1.807, 2.05) is 10.6 Å². The van der Waals surface area contributed by atoms with Crippen molar-refractivity contribution in [2.75, 3.05) is 18.4 Å². The highest BCUT2D eigenvalue weighted by atomic mass is 19.4. The number of alkyl halides is 3. The van der Waals surface area contributed by atoms with Gasteiger partial charge in [-0.25, -0.2) is 0 Å². The predicted octanol–water partition coefficient (Wildman–Crippen LogP) is 1.29. The smallest absolute Gasteiger partial charge is 0.318 e. The molecule has 1 fully saturated rings. The number of nitrogens with one attached hydrogen (secondary N) is 3. The second kappa shape index (κ2) is 7.43. The van der Waals surface area contributed by atoms with Gasteiger partial charge in [-0.05, 0) is 44.1 Å². The summed E-state index contributed by atoms with van der Waals surface area (Å²) in [5.41, 5.74) is -1.13. The molecule has 0 atom stereocenters. The average molecular weight is 343 g/mol. The topological polar surface area (TPSA) is 87.3 Å². The Bertz CT molecular complexity index is 640. The molecule has 0 saturated carbocycles. The highest BCUT2D eigenvalue weighted by Crippen LogP contribution is 2.30. The van der Waals surface area contributed by atoms with Crippen molar-refractivity contribution in [1.82, 2.24) is 10.6 Å². The van der Waals surface area contributed by atoms with Crippen LogP contribution in [-0.4, -0.2) is 30.8 Å². The van der Waals surface area contributed by atoms with Gasteiger partial charge in [0.1, 0.15) is 0 Å². The summed E-state index contributed by atoms with van der Waals surface area (Å²) in [7, 11) is 0.